The zero-order chi connectivity index (χ0) is 13.9. The van der Waals surface area contributed by atoms with Crippen LogP contribution in [0.4, 0.5) is 0 Å². The standard InChI is InChI=1S/C15H11N3S2/c1-18-6-2-4-12(18)8-11(9-16)15-17-13(10-20-15)14-5-3-7-19-14/h2-8,10H,1H3. The summed E-state index contributed by atoms with van der Waals surface area (Å²) in [6, 6.07) is 10.2. The van der Waals surface area contributed by atoms with E-state index in [1.807, 2.05) is 58.9 Å². The Morgan fingerprint density at radius 1 is 1.35 bits per heavy atom. The molecule has 0 aromatic carbocycles. The van der Waals surface area contributed by atoms with Crippen LogP contribution in [-0.2, 0) is 7.05 Å². The molecular formula is C15H11N3S2. The van der Waals surface area contributed by atoms with Crippen LogP contribution in [0.2, 0.25) is 0 Å². The van der Waals surface area contributed by atoms with Gasteiger partial charge in [0.2, 0.25) is 0 Å². The molecule has 0 saturated carbocycles. The highest BCUT2D eigenvalue weighted by Crippen LogP contribution is 2.29. The van der Waals surface area contributed by atoms with Crippen molar-refractivity contribution in [2.45, 2.75) is 0 Å². The number of hydrogen-bond donors (Lipinski definition) is 0. The number of aryl methyl sites for hydroxylation is 1. The van der Waals surface area contributed by atoms with Crippen molar-refractivity contribution in [3.8, 4) is 16.6 Å². The fraction of sp³-hybridized carbons (Fsp3) is 0.0667. The monoisotopic (exact) mass is 297 g/mol. The maximum Gasteiger partial charge on any atom is 0.134 e. The molecule has 20 heavy (non-hydrogen) atoms. The molecule has 0 saturated heterocycles. The smallest absolute Gasteiger partial charge is 0.134 e. The lowest BCUT2D eigenvalue weighted by molar-refractivity contribution is 0.915. The van der Waals surface area contributed by atoms with Gasteiger partial charge in [0.1, 0.15) is 11.1 Å². The molecule has 5 heteroatoms. The Morgan fingerprint density at radius 2 is 2.25 bits per heavy atom. The van der Waals surface area contributed by atoms with E-state index < -0.39 is 0 Å². The first-order chi connectivity index (χ1) is 9.78. The van der Waals surface area contributed by atoms with Gasteiger partial charge in [0.05, 0.1) is 16.1 Å². The third-order valence-corrected chi connectivity index (χ3v) is 4.67. The minimum absolute atomic E-state index is 0.597. The second-order valence-corrected chi connectivity index (χ2v) is 6.03. The van der Waals surface area contributed by atoms with E-state index in [2.05, 4.69) is 11.1 Å². The summed E-state index contributed by atoms with van der Waals surface area (Å²) in [4.78, 5) is 5.69. The Bertz CT molecular complexity index is 785. The van der Waals surface area contributed by atoms with Gasteiger partial charge in [-0.15, -0.1) is 22.7 Å². The van der Waals surface area contributed by atoms with E-state index in [0.717, 1.165) is 21.3 Å². The van der Waals surface area contributed by atoms with Crippen LogP contribution in [0, 0.1) is 11.3 Å². The molecule has 0 aliphatic rings. The highest BCUT2D eigenvalue weighted by Gasteiger charge is 2.10. The topological polar surface area (TPSA) is 41.6 Å². The number of nitriles is 1. The van der Waals surface area contributed by atoms with Crippen LogP contribution in [-0.4, -0.2) is 9.55 Å². The molecule has 0 aliphatic carbocycles. The molecule has 98 valence electrons. The van der Waals surface area contributed by atoms with Crippen molar-refractivity contribution in [2.75, 3.05) is 0 Å². The molecule has 3 aromatic rings. The lowest BCUT2D eigenvalue weighted by atomic mass is 10.2. The quantitative estimate of drug-likeness (QED) is 0.677. The predicted molar refractivity (Wildman–Crippen MR) is 84.3 cm³/mol. The summed E-state index contributed by atoms with van der Waals surface area (Å²) >= 11 is 3.16. The molecule has 0 aliphatic heterocycles. The normalized spacial score (nSPS) is 11.5. The maximum absolute atomic E-state index is 9.35. The fourth-order valence-electron chi connectivity index (χ4n) is 1.85. The molecule has 3 rings (SSSR count). The molecule has 0 fully saturated rings. The van der Waals surface area contributed by atoms with Crippen molar-refractivity contribution in [3.05, 3.63) is 51.9 Å². The van der Waals surface area contributed by atoms with E-state index in [4.69, 9.17) is 0 Å². The minimum Gasteiger partial charge on any atom is -0.351 e. The minimum atomic E-state index is 0.597. The van der Waals surface area contributed by atoms with Gasteiger partial charge in [-0.2, -0.15) is 5.26 Å². The molecule has 0 spiro atoms. The molecule has 0 atom stereocenters. The average molecular weight is 297 g/mol. The van der Waals surface area contributed by atoms with Gasteiger partial charge in [-0.3, -0.25) is 0 Å². The van der Waals surface area contributed by atoms with E-state index in [0.29, 0.717) is 5.57 Å². The summed E-state index contributed by atoms with van der Waals surface area (Å²) in [5.41, 5.74) is 2.53. The molecule has 0 unspecified atom stereocenters. The van der Waals surface area contributed by atoms with Crippen LogP contribution in [0.1, 0.15) is 10.7 Å². The Kier molecular flexibility index (Phi) is 3.50. The predicted octanol–water partition coefficient (Wildman–Crippen LogP) is 4.27. The largest absolute Gasteiger partial charge is 0.351 e. The Labute approximate surface area is 125 Å². The van der Waals surface area contributed by atoms with Gasteiger partial charge < -0.3 is 4.57 Å². The number of nitrogens with zero attached hydrogens (tertiary/aromatic N) is 3. The van der Waals surface area contributed by atoms with Crippen molar-refractivity contribution in [1.29, 1.82) is 5.26 Å². The maximum atomic E-state index is 9.35. The zero-order valence-electron chi connectivity index (χ0n) is 10.8. The highest BCUT2D eigenvalue weighted by molar-refractivity contribution is 7.14. The van der Waals surface area contributed by atoms with Crippen LogP contribution < -0.4 is 0 Å². The Morgan fingerprint density at radius 3 is 2.90 bits per heavy atom. The van der Waals surface area contributed by atoms with Crippen molar-refractivity contribution in [2.24, 2.45) is 7.05 Å². The lowest BCUT2D eigenvalue weighted by Gasteiger charge is -1.97. The number of allylic oxidation sites excluding steroid dienone is 1. The highest BCUT2D eigenvalue weighted by atomic mass is 32.1. The molecule has 3 nitrogen and oxygen atoms in total. The van der Waals surface area contributed by atoms with Gasteiger partial charge >= 0.3 is 0 Å². The molecule has 0 N–H and O–H groups in total. The molecule has 3 aromatic heterocycles. The first-order valence-electron chi connectivity index (χ1n) is 6.01. The first kappa shape index (κ1) is 12.9. The fourth-order valence-corrected chi connectivity index (χ4v) is 3.40. The van der Waals surface area contributed by atoms with Gasteiger partial charge in [-0.05, 0) is 29.7 Å². The second-order valence-electron chi connectivity index (χ2n) is 4.23. The molecule has 0 bridgehead atoms. The third kappa shape index (κ3) is 2.44. The number of thiophene rings is 1. The van der Waals surface area contributed by atoms with E-state index in [9.17, 15) is 5.26 Å². The number of rotatable bonds is 3. The van der Waals surface area contributed by atoms with Crippen molar-refractivity contribution in [3.63, 3.8) is 0 Å². The van der Waals surface area contributed by atoms with Crippen LogP contribution in [0.3, 0.4) is 0 Å². The summed E-state index contributed by atoms with van der Waals surface area (Å²) in [5, 5.41) is 14.1. The van der Waals surface area contributed by atoms with E-state index >= 15 is 0 Å². The molecule has 0 amide bonds. The molecule has 0 radical (unpaired) electrons. The zero-order valence-corrected chi connectivity index (χ0v) is 12.4. The first-order valence-corrected chi connectivity index (χ1v) is 7.77. The van der Waals surface area contributed by atoms with Crippen LogP contribution in [0.15, 0.2) is 41.2 Å². The van der Waals surface area contributed by atoms with E-state index in [1.54, 1.807) is 11.3 Å². The van der Waals surface area contributed by atoms with Crippen molar-refractivity contribution >= 4 is 34.3 Å². The van der Waals surface area contributed by atoms with Crippen molar-refractivity contribution in [1.82, 2.24) is 9.55 Å². The van der Waals surface area contributed by atoms with Crippen molar-refractivity contribution < 1.29 is 0 Å². The van der Waals surface area contributed by atoms with Gasteiger partial charge in [-0.1, -0.05) is 6.07 Å². The number of thiazole rings is 1. The summed E-state index contributed by atoms with van der Waals surface area (Å²) in [6.07, 6.45) is 3.83. The van der Waals surface area contributed by atoms with Gasteiger partial charge in [-0.25, -0.2) is 4.98 Å². The lowest BCUT2D eigenvalue weighted by Crippen LogP contribution is -1.89. The van der Waals surface area contributed by atoms with Gasteiger partial charge in [0.15, 0.2) is 0 Å². The Hall–Kier alpha value is -2.16. The van der Waals surface area contributed by atoms with Crippen LogP contribution >= 0.6 is 22.7 Å². The molecule has 3 heterocycles. The van der Waals surface area contributed by atoms with Gasteiger partial charge in [0.25, 0.3) is 0 Å². The molecular weight excluding hydrogens is 286 g/mol. The summed E-state index contributed by atoms with van der Waals surface area (Å²) in [6.45, 7) is 0. The summed E-state index contributed by atoms with van der Waals surface area (Å²) in [5.74, 6) is 0. The van der Waals surface area contributed by atoms with Crippen LogP contribution in [0.5, 0.6) is 0 Å². The van der Waals surface area contributed by atoms with Crippen LogP contribution in [0.25, 0.3) is 22.2 Å². The number of aromatic nitrogens is 2. The van der Waals surface area contributed by atoms with E-state index in [1.165, 1.54) is 11.3 Å². The third-order valence-electron chi connectivity index (χ3n) is 2.90. The SMILES string of the molecule is Cn1cccc1C=C(C#N)c1nc(-c2cccs2)cs1. The number of hydrogen-bond acceptors (Lipinski definition) is 4. The average Bonchev–Trinajstić information content (AvgIpc) is 3.17. The van der Waals surface area contributed by atoms with E-state index in [-0.39, 0.29) is 0 Å². The summed E-state index contributed by atoms with van der Waals surface area (Å²) < 4.78 is 1.98. The summed E-state index contributed by atoms with van der Waals surface area (Å²) in [7, 11) is 1.96. The second kappa shape index (κ2) is 5.45. The Balaban J connectivity index is 1.97. The van der Waals surface area contributed by atoms with Gasteiger partial charge in [0, 0.05) is 24.3 Å².